The van der Waals surface area contributed by atoms with Crippen LogP contribution in [-0.2, 0) is 0 Å². The highest BCUT2D eigenvalue weighted by molar-refractivity contribution is 4.90. The molecule has 0 spiro atoms. The van der Waals surface area contributed by atoms with Crippen molar-refractivity contribution in [2.75, 3.05) is 19.6 Å². The lowest BCUT2D eigenvalue weighted by atomic mass is 9.95. The van der Waals surface area contributed by atoms with Crippen molar-refractivity contribution < 1.29 is 0 Å². The fourth-order valence-electron chi connectivity index (χ4n) is 3.22. The molecule has 2 heteroatoms. The third-order valence-corrected chi connectivity index (χ3v) is 4.75. The number of rotatable bonds is 5. The molecular weight excluding hydrogens is 208 g/mol. The van der Waals surface area contributed by atoms with Gasteiger partial charge >= 0.3 is 0 Å². The van der Waals surface area contributed by atoms with E-state index in [0.717, 1.165) is 29.8 Å². The van der Waals surface area contributed by atoms with Crippen LogP contribution in [0.4, 0.5) is 0 Å². The molecule has 1 aliphatic heterocycles. The van der Waals surface area contributed by atoms with Crippen molar-refractivity contribution >= 4 is 0 Å². The zero-order chi connectivity index (χ0) is 12.4. The first-order valence-electron chi connectivity index (χ1n) is 7.59. The van der Waals surface area contributed by atoms with Crippen LogP contribution in [0.2, 0.25) is 0 Å². The highest BCUT2D eigenvalue weighted by Gasteiger charge is 2.34. The number of hydrogen-bond acceptors (Lipinski definition) is 2. The normalized spacial score (nSPS) is 33.0. The zero-order valence-electron chi connectivity index (χ0n) is 12.1. The fourth-order valence-corrected chi connectivity index (χ4v) is 3.22. The summed E-state index contributed by atoms with van der Waals surface area (Å²) < 4.78 is 0. The van der Waals surface area contributed by atoms with Crippen molar-refractivity contribution in [2.45, 2.75) is 59.0 Å². The van der Waals surface area contributed by atoms with Gasteiger partial charge in [0.2, 0.25) is 0 Å². The van der Waals surface area contributed by atoms with Crippen LogP contribution in [0.3, 0.4) is 0 Å². The minimum atomic E-state index is 0.719. The van der Waals surface area contributed by atoms with Crippen LogP contribution < -0.4 is 5.32 Å². The molecule has 0 aromatic carbocycles. The third kappa shape index (κ3) is 3.45. The Morgan fingerprint density at radius 1 is 1.24 bits per heavy atom. The standard InChI is InChI=1S/C15H30N2/c1-5-14-10-17(9-12(4)13-6-7-13)15(8-16-14)11(2)3/h11-16H,5-10H2,1-4H3. The molecule has 1 heterocycles. The predicted octanol–water partition coefficient (Wildman–Crippen LogP) is 2.74. The van der Waals surface area contributed by atoms with E-state index in [1.54, 1.807) is 0 Å². The Labute approximate surface area is 107 Å². The summed E-state index contributed by atoms with van der Waals surface area (Å²) in [5.74, 6) is 2.72. The maximum Gasteiger partial charge on any atom is 0.0244 e. The summed E-state index contributed by atoms with van der Waals surface area (Å²) >= 11 is 0. The van der Waals surface area contributed by atoms with Crippen LogP contribution in [0, 0.1) is 17.8 Å². The van der Waals surface area contributed by atoms with Crippen molar-refractivity contribution in [3.05, 3.63) is 0 Å². The molecule has 0 aromatic heterocycles. The first kappa shape index (κ1) is 13.4. The first-order chi connectivity index (χ1) is 8.11. The Hall–Kier alpha value is -0.0800. The number of nitrogens with zero attached hydrogens (tertiary/aromatic N) is 1. The highest BCUT2D eigenvalue weighted by atomic mass is 15.2. The summed E-state index contributed by atoms with van der Waals surface area (Å²) in [7, 11) is 0. The molecule has 0 radical (unpaired) electrons. The van der Waals surface area contributed by atoms with Crippen LogP contribution >= 0.6 is 0 Å². The van der Waals surface area contributed by atoms with Gasteiger partial charge in [0.05, 0.1) is 0 Å². The average Bonchev–Trinajstić information content (AvgIpc) is 3.12. The van der Waals surface area contributed by atoms with E-state index in [1.807, 2.05) is 0 Å². The molecule has 3 unspecified atom stereocenters. The summed E-state index contributed by atoms with van der Waals surface area (Å²) in [6.07, 6.45) is 4.23. The van der Waals surface area contributed by atoms with Crippen molar-refractivity contribution in [1.82, 2.24) is 10.2 Å². The minimum absolute atomic E-state index is 0.719. The molecular formula is C15H30N2. The first-order valence-corrected chi connectivity index (χ1v) is 7.59. The lowest BCUT2D eigenvalue weighted by molar-refractivity contribution is 0.0795. The second-order valence-corrected chi connectivity index (χ2v) is 6.59. The number of hydrogen-bond donors (Lipinski definition) is 1. The molecule has 100 valence electrons. The van der Waals surface area contributed by atoms with Crippen LogP contribution in [0.1, 0.15) is 47.0 Å². The van der Waals surface area contributed by atoms with Crippen molar-refractivity contribution in [3.8, 4) is 0 Å². The van der Waals surface area contributed by atoms with Gasteiger partial charge in [0.25, 0.3) is 0 Å². The van der Waals surface area contributed by atoms with Crippen LogP contribution in [0.15, 0.2) is 0 Å². The molecule has 0 amide bonds. The van der Waals surface area contributed by atoms with E-state index in [9.17, 15) is 0 Å². The Bertz CT molecular complexity index is 235. The highest BCUT2D eigenvalue weighted by Crippen LogP contribution is 2.37. The second-order valence-electron chi connectivity index (χ2n) is 6.59. The van der Waals surface area contributed by atoms with Gasteiger partial charge < -0.3 is 5.32 Å². The lowest BCUT2D eigenvalue weighted by Gasteiger charge is -2.43. The maximum absolute atomic E-state index is 3.71. The van der Waals surface area contributed by atoms with Crippen molar-refractivity contribution in [1.29, 1.82) is 0 Å². The average molecular weight is 238 g/mol. The monoisotopic (exact) mass is 238 g/mol. The van der Waals surface area contributed by atoms with E-state index < -0.39 is 0 Å². The SMILES string of the molecule is CCC1CN(CC(C)C2CC2)C(C(C)C)CN1. The van der Waals surface area contributed by atoms with Gasteiger partial charge in [0, 0.05) is 31.7 Å². The molecule has 0 bridgehead atoms. The number of piperazine rings is 1. The van der Waals surface area contributed by atoms with Gasteiger partial charge in [-0.05, 0) is 37.0 Å². The van der Waals surface area contributed by atoms with Gasteiger partial charge in [-0.25, -0.2) is 0 Å². The second kappa shape index (κ2) is 5.71. The fraction of sp³-hybridized carbons (Fsp3) is 1.00. The summed E-state index contributed by atoms with van der Waals surface area (Å²) in [6, 6.07) is 1.47. The quantitative estimate of drug-likeness (QED) is 0.792. The smallest absolute Gasteiger partial charge is 0.0244 e. The molecule has 0 aromatic rings. The van der Waals surface area contributed by atoms with Gasteiger partial charge in [-0.1, -0.05) is 27.7 Å². The van der Waals surface area contributed by atoms with Gasteiger partial charge in [0.15, 0.2) is 0 Å². The minimum Gasteiger partial charge on any atom is -0.311 e. The molecule has 2 nitrogen and oxygen atoms in total. The molecule has 2 aliphatic rings. The summed E-state index contributed by atoms with van der Waals surface area (Å²) in [5, 5.41) is 3.71. The van der Waals surface area contributed by atoms with Crippen LogP contribution in [-0.4, -0.2) is 36.6 Å². The molecule has 1 saturated heterocycles. The third-order valence-electron chi connectivity index (χ3n) is 4.75. The summed E-state index contributed by atoms with van der Waals surface area (Å²) in [6.45, 7) is 13.3. The van der Waals surface area contributed by atoms with E-state index in [-0.39, 0.29) is 0 Å². The predicted molar refractivity (Wildman–Crippen MR) is 74.2 cm³/mol. The molecule has 17 heavy (non-hydrogen) atoms. The topological polar surface area (TPSA) is 15.3 Å². The van der Waals surface area contributed by atoms with E-state index in [1.165, 1.54) is 38.9 Å². The van der Waals surface area contributed by atoms with Gasteiger partial charge in [-0.15, -0.1) is 0 Å². The van der Waals surface area contributed by atoms with Crippen molar-refractivity contribution in [3.63, 3.8) is 0 Å². The summed E-state index contributed by atoms with van der Waals surface area (Å²) in [5.41, 5.74) is 0. The Morgan fingerprint density at radius 3 is 2.47 bits per heavy atom. The van der Waals surface area contributed by atoms with E-state index in [0.29, 0.717) is 0 Å². The Morgan fingerprint density at radius 2 is 1.94 bits per heavy atom. The summed E-state index contributed by atoms with van der Waals surface area (Å²) in [4.78, 5) is 2.78. The van der Waals surface area contributed by atoms with E-state index in [4.69, 9.17) is 0 Å². The lowest BCUT2D eigenvalue weighted by Crippen LogP contribution is -2.58. The zero-order valence-corrected chi connectivity index (χ0v) is 12.1. The molecule has 2 rings (SSSR count). The molecule has 1 saturated carbocycles. The van der Waals surface area contributed by atoms with Gasteiger partial charge in [0.1, 0.15) is 0 Å². The van der Waals surface area contributed by atoms with Crippen LogP contribution in [0.25, 0.3) is 0 Å². The molecule has 2 fully saturated rings. The largest absolute Gasteiger partial charge is 0.311 e. The van der Waals surface area contributed by atoms with E-state index in [2.05, 4.69) is 37.9 Å². The maximum atomic E-state index is 3.71. The van der Waals surface area contributed by atoms with Gasteiger partial charge in [-0.3, -0.25) is 4.90 Å². The Balaban J connectivity index is 1.91. The van der Waals surface area contributed by atoms with Crippen molar-refractivity contribution in [2.24, 2.45) is 17.8 Å². The van der Waals surface area contributed by atoms with Gasteiger partial charge in [-0.2, -0.15) is 0 Å². The molecule has 1 aliphatic carbocycles. The number of nitrogens with one attached hydrogen (secondary N) is 1. The van der Waals surface area contributed by atoms with Crippen LogP contribution in [0.5, 0.6) is 0 Å². The Kier molecular flexibility index (Phi) is 4.48. The molecule has 1 N–H and O–H groups in total. The molecule has 3 atom stereocenters. The van der Waals surface area contributed by atoms with E-state index >= 15 is 0 Å².